The van der Waals surface area contributed by atoms with Gasteiger partial charge in [0.1, 0.15) is 11.6 Å². The van der Waals surface area contributed by atoms with Crippen molar-refractivity contribution in [3.8, 4) is 0 Å². The molecule has 4 nitrogen and oxygen atoms in total. The van der Waals surface area contributed by atoms with E-state index < -0.39 is 5.82 Å². The highest BCUT2D eigenvalue weighted by Crippen LogP contribution is 2.27. The lowest BCUT2D eigenvalue weighted by Gasteiger charge is -2.28. The molecule has 1 aromatic rings. The van der Waals surface area contributed by atoms with Crippen molar-refractivity contribution < 1.29 is 9.18 Å². The average Bonchev–Trinajstić information content (AvgIpc) is 2.47. The maximum Gasteiger partial charge on any atom is 0.255 e. The van der Waals surface area contributed by atoms with E-state index in [0.717, 1.165) is 25.5 Å². The standard InChI is InChI=1S/C14H20FN3OS/c1-16-13-12(6-9(15)8-17-13)14(19)18-10-4-3-5-11(7-10)20-2/h6,8,10-11H,3-5,7H2,1-2H3,(H,16,17)(H,18,19). The molecule has 2 atom stereocenters. The van der Waals surface area contributed by atoms with E-state index in [1.165, 1.54) is 12.5 Å². The highest BCUT2D eigenvalue weighted by atomic mass is 32.2. The maximum atomic E-state index is 13.3. The SMILES string of the molecule is CNc1ncc(F)cc1C(=O)NC1CCCC(SC)C1. The van der Waals surface area contributed by atoms with Crippen molar-refractivity contribution in [1.82, 2.24) is 10.3 Å². The van der Waals surface area contributed by atoms with Crippen LogP contribution in [0.15, 0.2) is 12.3 Å². The molecule has 1 amide bonds. The Morgan fingerprint density at radius 3 is 3.00 bits per heavy atom. The van der Waals surface area contributed by atoms with Crippen LogP contribution in [0.1, 0.15) is 36.0 Å². The lowest BCUT2D eigenvalue weighted by molar-refractivity contribution is 0.0928. The molecule has 0 bridgehead atoms. The number of carbonyl (C=O) groups excluding carboxylic acids is 1. The van der Waals surface area contributed by atoms with Gasteiger partial charge in [-0.05, 0) is 31.6 Å². The van der Waals surface area contributed by atoms with Crippen LogP contribution in [0.5, 0.6) is 0 Å². The summed E-state index contributed by atoms with van der Waals surface area (Å²) in [5, 5.41) is 6.42. The van der Waals surface area contributed by atoms with Crippen molar-refractivity contribution in [3.63, 3.8) is 0 Å². The summed E-state index contributed by atoms with van der Waals surface area (Å²) in [5.74, 6) is -0.353. The predicted octanol–water partition coefficient (Wildman–Crippen LogP) is 2.67. The molecule has 0 aromatic carbocycles. The number of amides is 1. The monoisotopic (exact) mass is 297 g/mol. The van der Waals surface area contributed by atoms with E-state index in [-0.39, 0.29) is 17.5 Å². The summed E-state index contributed by atoms with van der Waals surface area (Å²) in [5.41, 5.74) is 0.263. The molecular formula is C14H20FN3OS. The second-order valence-electron chi connectivity index (χ2n) is 4.99. The van der Waals surface area contributed by atoms with Gasteiger partial charge in [-0.15, -0.1) is 0 Å². The highest BCUT2D eigenvalue weighted by molar-refractivity contribution is 7.99. The zero-order valence-electron chi connectivity index (χ0n) is 11.8. The zero-order chi connectivity index (χ0) is 14.5. The van der Waals surface area contributed by atoms with Crippen LogP contribution >= 0.6 is 11.8 Å². The molecule has 0 aliphatic heterocycles. The minimum Gasteiger partial charge on any atom is -0.372 e. The van der Waals surface area contributed by atoms with E-state index >= 15 is 0 Å². The van der Waals surface area contributed by atoms with Gasteiger partial charge < -0.3 is 10.6 Å². The van der Waals surface area contributed by atoms with Gasteiger partial charge >= 0.3 is 0 Å². The number of thioether (sulfide) groups is 1. The third-order valence-electron chi connectivity index (χ3n) is 3.63. The Morgan fingerprint density at radius 2 is 2.30 bits per heavy atom. The Kier molecular flexibility index (Phi) is 5.23. The normalized spacial score (nSPS) is 22.4. The summed E-state index contributed by atoms with van der Waals surface area (Å²) < 4.78 is 13.3. The first-order valence-electron chi connectivity index (χ1n) is 6.81. The van der Waals surface area contributed by atoms with Gasteiger partial charge in [0.2, 0.25) is 0 Å². The Morgan fingerprint density at radius 1 is 1.50 bits per heavy atom. The first-order valence-corrected chi connectivity index (χ1v) is 8.09. The fourth-order valence-corrected chi connectivity index (χ4v) is 3.39. The quantitative estimate of drug-likeness (QED) is 0.897. The molecule has 20 heavy (non-hydrogen) atoms. The molecule has 2 rings (SSSR count). The van der Waals surface area contributed by atoms with Gasteiger partial charge in [-0.25, -0.2) is 9.37 Å². The lowest BCUT2D eigenvalue weighted by atomic mass is 9.94. The van der Waals surface area contributed by atoms with Crippen molar-refractivity contribution in [2.75, 3.05) is 18.6 Å². The molecule has 1 aliphatic rings. The Balaban J connectivity index is 2.06. The molecule has 1 heterocycles. The summed E-state index contributed by atoms with van der Waals surface area (Å²) in [6, 6.07) is 1.39. The Bertz CT molecular complexity index is 483. The zero-order valence-corrected chi connectivity index (χ0v) is 12.6. The predicted molar refractivity (Wildman–Crippen MR) is 80.8 cm³/mol. The van der Waals surface area contributed by atoms with Gasteiger partial charge in [-0.2, -0.15) is 11.8 Å². The number of anilines is 1. The van der Waals surface area contributed by atoms with E-state index in [1.807, 2.05) is 11.8 Å². The fourth-order valence-electron chi connectivity index (χ4n) is 2.56. The summed E-state index contributed by atoms with van der Waals surface area (Å²) in [4.78, 5) is 16.2. The molecule has 1 aromatic heterocycles. The number of aromatic nitrogens is 1. The van der Waals surface area contributed by atoms with Crippen LogP contribution in [0.25, 0.3) is 0 Å². The number of rotatable bonds is 4. The minimum absolute atomic E-state index is 0.168. The van der Waals surface area contributed by atoms with Crippen molar-refractivity contribution in [2.45, 2.75) is 37.0 Å². The minimum atomic E-state index is -0.500. The maximum absolute atomic E-state index is 13.3. The Hall–Kier alpha value is -1.30. The third kappa shape index (κ3) is 3.62. The molecule has 2 N–H and O–H groups in total. The fraction of sp³-hybridized carbons (Fsp3) is 0.571. The number of pyridine rings is 1. The second-order valence-corrected chi connectivity index (χ2v) is 6.13. The van der Waals surface area contributed by atoms with E-state index in [4.69, 9.17) is 0 Å². The van der Waals surface area contributed by atoms with Gasteiger partial charge in [0.15, 0.2) is 0 Å². The van der Waals surface area contributed by atoms with Crippen LogP contribution in [0.4, 0.5) is 10.2 Å². The van der Waals surface area contributed by atoms with E-state index in [2.05, 4.69) is 21.9 Å². The van der Waals surface area contributed by atoms with Crippen molar-refractivity contribution >= 4 is 23.5 Å². The van der Waals surface area contributed by atoms with Gasteiger partial charge in [0, 0.05) is 18.3 Å². The first kappa shape index (κ1) is 15.1. The molecule has 1 saturated carbocycles. The van der Waals surface area contributed by atoms with Crippen LogP contribution in [0.2, 0.25) is 0 Å². The molecule has 6 heteroatoms. The topological polar surface area (TPSA) is 54.0 Å². The summed E-state index contributed by atoms with van der Waals surface area (Å²) in [6.07, 6.45) is 7.50. The second kappa shape index (κ2) is 6.92. The number of nitrogens with one attached hydrogen (secondary N) is 2. The smallest absolute Gasteiger partial charge is 0.255 e. The Labute approximate surface area is 122 Å². The number of hydrogen-bond acceptors (Lipinski definition) is 4. The molecule has 0 saturated heterocycles. The molecule has 110 valence electrons. The van der Waals surface area contributed by atoms with Gasteiger partial charge in [0.25, 0.3) is 5.91 Å². The lowest BCUT2D eigenvalue weighted by Crippen LogP contribution is -2.39. The highest BCUT2D eigenvalue weighted by Gasteiger charge is 2.24. The summed E-state index contributed by atoms with van der Waals surface area (Å²) in [7, 11) is 1.67. The van der Waals surface area contributed by atoms with Crippen LogP contribution < -0.4 is 10.6 Å². The van der Waals surface area contributed by atoms with Crippen molar-refractivity contribution in [1.29, 1.82) is 0 Å². The molecule has 1 aliphatic carbocycles. The van der Waals surface area contributed by atoms with Crippen LogP contribution in [0.3, 0.4) is 0 Å². The summed E-state index contributed by atoms with van der Waals surface area (Å²) >= 11 is 1.85. The van der Waals surface area contributed by atoms with Gasteiger partial charge in [0.05, 0.1) is 11.8 Å². The third-order valence-corrected chi connectivity index (χ3v) is 4.73. The van der Waals surface area contributed by atoms with Crippen LogP contribution in [0, 0.1) is 5.82 Å². The average molecular weight is 297 g/mol. The number of carbonyl (C=O) groups is 1. The summed E-state index contributed by atoms with van der Waals surface area (Å²) in [6.45, 7) is 0. The largest absolute Gasteiger partial charge is 0.372 e. The van der Waals surface area contributed by atoms with Crippen molar-refractivity contribution in [2.24, 2.45) is 0 Å². The first-order chi connectivity index (χ1) is 9.63. The van der Waals surface area contributed by atoms with E-state index in [9.17, 15) is 9.18 Å². The van der Waals surface area contributed by atoms with Gasteiger partial charge in [-0.3, -0.25) is 4.79 Å². The van der Waals surface area contributed by atoms with Gasteiger partial charge in [-0.1, -0.05) is 6.42 Å². The van der Waals surface area contributed by atoms with Crippen LogP contribution in [-0.4, -0.2) is 35.5 Å². The molecule has 2 unspecified atom stereocenters. The number of nitrogens with zero attached hydrogens (tertiary/aromatic N) is 1. The molecule has 1 fully saturated rings. The molecule has 0 radical (unpaired) electrons. The number of hydrogen-bond donors (Lipinski definition) is 2. The molecule has 0 spiro atoms. The van der Waals surface area contributed by atoms with Crippen molar-refractivity contribution in [3.05, 3.63) is 23.6 Å². The van der Waals surface area contributed by atoms with E-state index in [1.54, 1.807) is 7.05 Å². The van der Waals surface area contributed by atoms with E-state index in [0.29, 0.717) is 11.1 Å². The number of halogens is 1. The molecular weight excluding hydrogens is 277 g/mol. The van der Waals surface area contributed by atoms with Crippen LogP contribution in [-0.2, 0) is 0 Å².